The number of carbonyl (C=O) groups is 1. The number of nitrogens with zero attached hydrogens (tertiary/aromatic N) is 2. The maximum absolute atomic E-state index is 10.0. The number of rotatable bonds is 1. The van der Waals surface area contributed by atoms with Gasteiger partial charge in [-0.05, 0) is 18.5 Å². The standard InChI is InChI=1S/C4H4N2O2S.Na/c1-2-5-3(4(7)8)9-6-2;/h1H3,(H,7,8);/q;+1/p-1. The first-order valence-corrected chi connectivity index (χ1v) is 2.99. The number of hydrogen-bond acceptors (Lipinski definition) is 5. The molecule has 0 aliphatic carbocycles. The number of hydrogen-bond donors (Lipinski definition) is 0. The molecule has 0 N–H and O–H groups in total. The number of aryl methyl sites for hydroxylation is 1. The Morgan fingerprint density at radius 1 is 1.70 bits per heavy atom. The zero-order chi connectivity index (χ0) is 6.85. The molecule has 0 amide bonds. The third-order valence-electron chi connectivity index (χ3n) is 0.702. The molecule has 1 rings (SSSR count). The zero-order valence-corrected chi connectivity index (χ0v) is 8.44. The minimum Gasteiger partial charge on any atom is -0.542 e. The third-order valence-corrected chi connectivity index (χ3v) is 1.49. The Balaban J connectivity index is 0.000000810. The van der Waals surface area contributed by atoms with Gasteiger partial charge in [0, 0.05) is 0 Å². The predicted octanol–water partition coefficient (Wildman–Crippen LogP) is -3.79. The number of carbonyl (C=O) groups excluding carboxylic acids is 1. The van der Waals surface area contributed by atoms with Gasteiger partial charge in [-0.3, -0.25) is 0 Å². The second-order valence-corrected chi connectivity index (χ2v) is 2.19. The van der Waals surface area contributed by atoms with Gasteiger partial charge < -0.3 is 9.90 Å². The molecule has 1 heterocycles. The van der Waals surface area contributed by atoms with Gasteiger partial charge in [-0.1, -0.05) is 0 Å². The van der Waals surface area contributed by atoms with E-state index in [1.165, 1.54) is 0 Å². The van der Waals surface area contributed by atoms with Crippen molar-refractivity contribution in [3.63, 3.8) is 0 Å². The third kappa shape index (κ3) is 2.34. The zero-order valence-electron chi connectivity index (χ0n) is 5.62. The van der Waals surface area contributed by atoms with Crippen LogP contribution in [0, 0.1) is 6.92 Å². The van der Waals surface area contributed by atoms with Crippen LogP contribution < -0.4 is 34.7 Å². The first-order valence-electron chi connectivity index (χ1n) is 2.22. The quantitative estimate of drug-likeness (QED) is 0.401. The molecule has 0 aliphatic rings. The topological polar surface area (TPSA) is 65.9 Å². The summed E-state index contributed by atoms with van der Waals surface area (Å²) in [6, 6.07) is 0. The predicted molar refractivity (Wildman–Crippen MR) is 29.0 cm³/mol. The molecule has 6 heteroatoms. The van der Waals surface area contributed by atoms with Crippen LogP contribution in [-0.4, -0.2) is 15.3 Å². The van der Waals surface area contributed by atoms with E-state index in [0.717, 1.165) is 11.5 Å². The van der Waals surface area contributed by atoms with Gasteiger partial charge >= 0.3 is 29.6 Å². The van der Waals surface area contributed by atoms with Crippen LogP contribution in [0.4, 0.5) is 0 Å². The molecule has 0 saturated carbocycles. The number of aromatic carboxylic acids is 1. The average molecular weight is 166 g/mol. The largest absolute Gasteiger partial charge is 1.00 e. The van der Waals surface area contributed by atoms with Crippen LogP contribution in [0.1, 0.15) is 15.6 Å². The van der Waals surface area contributed by atoms with Crippen molar-refractivity contribution in [1.82, 2.24) is 9.36 Å². The maximum atomic E-state index is 10.0. The van der Waals surface area contributed by atoms with Gasteiger partial charge in [0.25, 0.3) is 0 Å². The molecule has 0 fully saturated rings. The molecular formula is C4H3N2NaO2S. The van der Waals surface area contributed by atoms with Crippen molar-refractivity contribution < 1.29 is 39.5 Å². The summed E-state index contributed by atoms with van der Waals surface area (Å²) in [5, 5.41) is 9.95. The monoisotopic (exact) mass is 166 g/mol. The molecule has 0 spiro atoms. The SMILES string of the molecule is Cc1nsc(C(=O)[O-])n1.[Na+]. The van der Waals surface area contributed by atoms with E-state index in [1.54, 1.807) is 6.92 Å². The summed E-state index contributed by atoms with van der Waals surface area (Å²) in [5.74, 6) is -0.792. The van der Waals surface area contributed by atoms with Gasteiger partial charge in [0.2, 0.25) is 0 Å². The Morgan fingerprint density at radius 2 is 2.30 bits per heavy atom. The van der Waals surface area contributed by atoms with E-state index in [-0.39, 0.29) is 34.6 Å². The number of carboxylic acid groups (broad SMARTS) is 1. The Hall–Kier alpha value is 0.0300. The summed E-state index contributed by atoms with van der Waals surface area (Å²) in [5.41, 5.74) is 0. The van der Waals surface area contributed by atoms with E-state index in [9.17, 15) is 9.90 Å². The van der Waals surface area contributed by atoms with Crippen LogP contribution >= 0.6 is 11.5 Å². The number of aromatic nitrogens is 2. The summed E-state index contributed by atoms with van der Waals surface area (Å²) < 4.78 is 3.65. The molecule has 0 aliphatic heterocycles. The van der Waals surface area contributed by atoms with E-state index < -0.39 is 5.97 Å². The molecule has 1 aromatic heterocycles. The van der Waals surface area contributed by atoms with Gasteiger partial charge in [-0.25, -0.2) is 4.98 Å². The van der Waals surface area contributed by atoms with Crippen molar-refractivity contribution in [1.29, 1.82) is 0 Å². The molecule has 0 unspecified atom stereocenters. The molecule has 4 nitrogen and oxygen atoms in total. The summed E-state index contributed by atoms with van der Waals surface area (Å²) in [7, 11) is 0. The minimum absolute atomic E-state index is 0. The Morgan fingerprint density at radius 3 is 2.50 bits per heavy atom. The Kier molecular flexibility index (Phi) is 4.04. The smallest absolute Gasteiger partial charge is 0.542 e. The molecule has 0 aromatic carbocycles. The van der Waals surface area contributed by atoms with Gasteiger partial charge in [0.15, 0.2) is 5.01 Å². The fraction of sp³-hybridized carbons (Fsp3) is 0.250. The minimum atomic E-state index is -1.26. The first-order chi connectivity index (χ1) is 4.20. The molecule has 1 aromatic rings. The van der Waals surface area contributed by atoms with Crippen molar-refractivity contribution in [3.05, 3.63) is 10.8 Å². The fourth-order valence-electron chi connectivity index (χ4n) is 0.380. The summed E-state index contributed by atoms with van der Waals surface area (Å²) in [6.45, 7) is 1.63. The molecule has 0 bridgehead atoms. The van der Waals surface area contributed by atoms with Gasteiger partial charge in [0.05, 0.1) is 0 Å². The second-order valence-electron chi connectivity index (χ2n) is 1.43. The summed E-state index contributed by atoms with van der Waals surface area (Å²) >= 11 is 0.834. The molecule has 0 radical (unpaired) electrons. The molecule has 0 atom stereocenters. The van der Waals surface area contributed by atoms with E-state index in [2.05, 4.69) is 9.36 Å². The fourth-order valence-corrected chi connectivity index (χ4v) is 0.887. The van der Waals surface area contributed by atoms with Gasteiger partial charge in [-0.15, -0.1) is 0 Å². The van der Waals surface area contributed by atoms with E-state index in [0.29, 0.717) is 5.82 Å². The Bertz CT molecular complexity index is 237. The van der Waals surface area contributed by atoms with E-state index in [1.807, 2.05) is 0 Å². The molecule has 0 saturated heterocycles. The average Bonchev–Trinajstić information content (AvgIpc) is 2.14. The summed E-state index contributed by atoms with van der Waals surface area (Å²) in [4.78, 5) is 13.6. The molecule has 10 heavy (non-hydrogen) atoms. The maximum Gasteiger partial charge on any atom is 1.00 e. The van der Waals surface area contributed by atoms with Crippen molar-refractivity contribution in [3.8, 4) is 0 Å². The van der Waals surface area contributed by atoms with Crippen molar-refractivity contribution in [2.45, 2.75) is 6.92 Å². The molecule has 48 valence electrons. The first kappa shape index (κ1) is 10.0. The second kappa shape index (κ2) is 4.02. The van der Waals surface area contributed by atoms with Crippen molar-refractivity contribution >= 4 is 17.5 Å². The normalized spacial score (nSPS) is 8.50. The van der Waals surface area contributed by atoms with Crippen LogP contribution in [0.5, 0.6) is 0 Å². The van der Waals surface area contributed by atoms with Gasteiger partial charge in [-0.2, -0.15) is 4.37 Å². The Labute approximate surface area is 83.8 Å². The van der Waals surface area contributed by atoms with Crippen LogP contribution in [0.3, 0.4) is 0 Å². The number of carboxylic acids is 1. The van der Waals surface area contributed by atoms with Crippen LogP contribution in [-0.2, 0) is 0 Å². The van der Waals surface area contributed by atoms with E-state index >= 15 is 0 Å². The van der Waals surface area contributed by atoms with Gasteiger partial charge in [0.1, 0.15) is 11.8 Å². The van der Waals surface area contributed by atoms with Crippen molar-refractivity contribution in [2.24, 2.45) is 0 Å². The van der Waals surface area contributed by atoms with Crippen LogP contribution in [0.25, 0.3) is 0 Å². The van der Waals surface area contributed by atoms with Crippen LogP contribution in [0.15, 0.2) is 0 Å². The molecular weight excluding hydrogens is 163 g/mol. The van der Waals surface area contributed by atoms with Crippen LogP contribution in [0.2, 0.25) is 0 Å². The summed E-state index contributed by atoms with van der Waals surface area (Å²) in [6.07, 6.45) is 0. The van der Waals surface area contributed by atoms with Crippen molar-refractivity contribution in [2.75, 3.05) is 0 Å². The van der Waals surface area contributed by atoms with E-state index in [4.69, 9.17) is 0 Å².